The van der Waals surface area contributed by atoms with E-state index in [1.54, 1.807) is 0 Å². The van der Waals surface area contributed by atoms with Crippen molar-refractivity contribution in [1.29, 1.82) is 0 Å². The number of unbranched alkanes of at least 4 members (excludes halogenated alkanes) is 7. The summed E-state index contributed by atoms with van der Waals surface area (Å²) in [6, 6.07) is 0. The molecule has 0 aliphatic heterocycles. The zero-order chi connectivity index (χ0) is 23.5. The SMILES string of the molecule is CCCCC(S)CCCC.CCCCCC(S)CCC.CCCCCCC(S)CC. The van der Waals surface area contributed by atoms with Crippen molar-refractivity contribution in [1.82, 2.24) is 0 Å². The van der Waals surface area contributed by atoms with E-state index in [2.05, 4.69) is 79.4 Å². The van der Waals surface area contributed by atoms with E-state index in [9.17, 15) is 0 Å². The first-order chi connectivity index (χ1) is 14.4. The van der Waals surface area contributed by atoms with Gasteiger partial charge in [0.25, 0.3) is 0 Å². The third kappa shape index (κ3) is 36.4. The molecular formula is C27H60S3. The molecule has 0 aromatic rings. The van der Waals surface area contributed by atoms with Crippen molar-refractivity contribution in [3.05, 3.63) is 0 Å². The van der Waals surface area contributed by atoms with E-state index in [0.717, 1.165) is 0 Å². The van der Waals surface area contributed by atoms with Crippen LogP contribution in [0.3, 0.4) is 0 Å². The van der Waals surface area contributed by atoms with Crippen LogP contribution in [-0.4, -0.2) is 15.7 Å². The fraction of sp³-hybridized carbons (Fsp3) is 1.00. The van der Waals surface area contributed by atoms with Gasteiger partial charge in [0.15, 0.2) is 0 Å². The summed E-state index contributed by atoms with van der Waals surface area (Å²) in [6.07, 6.45) is 23.9. The second-order valence-corrected chi connectivity index (χ2v) is 11.0. The molecule has 0 radical (unpaired) electrons. The Kier molecular flexibility index (Phi) is 38.3. The van der Waals surface area contributed by atoms with E-state index in [1.807, 2.05) is 0 Å². The summed E-state index contributed by atoms with van der Waals surface area (Å²) in [5, 5.41) is 1.98. The highest BCUT2D eigenvalue weighted by atomic mass is 32.1. The average molecular weight is 481 g/mol. The lowest BCUT2D eigenvalue weighted by atomic mass is 10.1. The Hall–Kier alpha value is 1.05. The molecule has 0 heterocycles. The maximum Gasteiger partial charge on any atom is 0.00168 e. The summed E-state index contributed by atoms with van der Waals surface area (Å²) in [5.41, 5.74) is 0. The van der Waals surface area contributed by atoms with Gasteiger partial charge in [-0.2, -0.15) is 37.9 Å². The Morgan fingerprint density at radius 3 is 1.17 bits per heavy atom. The van der Waals surface area contributed by atoms with Gasteiger partial charge >= 0.3 is 0 Å². The van der Waals surface area contributed by atoms with E-state index >= 15 is 0 Å². The van der Waals surface area contributed by atoms with Crippen molar-refractivity contribution in [2.75, 3.05) is 0 Å². The molecular weight excluding hydrogens is 420 g/mol. The lowest BCUT2D eigenvalue weighted by molar-refractivity contribution is 0.612. The molecule has 186 valence electrons. The van der Waals surface area contributed by atoms with E-state index in [-0.39, 0.29) is 0 Å². The van der Waals surface area contributed by atoms with E-state index in [4.69, 9.17) is 0 Å². The summed E-state index contributed by atoms with van der Waals surface area (Å²) in [5.74, 6) is 0. The van der Waals surface area contributed by atoms with Gasteiger partial charge in [0, 0.05) is 15.7 Å². The van der Waals surface area contributed by atoms with Crippen molar-refractivity contribution in [2.24, 2.45) is 0 Å². The second kappa shape index (κ2) is 32.2. The van der Waals surface area contributed by atoms with Crippen molar-refractivity contribution in [2.45, 2.75) is 173 Å². The van der Waals surface area contributed by atoms with Crippen LogP contribution in [0.4, 0.5) is 0 Å². The third-order valence-corrected chi connectivity index (χ3v) is 7.06. The van der Waals surface area contributed by atoms with Crippen LogP contribution in [0.2, 0.25) is 0 Å². The van der Waals surface area contributed by atoms with Gasteiger partial charge in [-0.05, 0) is 38.5 Å². The first-order valence-electron chi connectivity index (χ1n) is 13.5. The molecule has 0 saturated heterocycles. The molecule has 0 rings (SSSR count). The fourth-order valence-corrected chi connectivity index (χ4v) is 4.13. The van der Waals surface area contributed by atoms with Crippen LogP contribution in [0.25, 0.3) is 0 Å². The van der Waals surface area contributed by atoms with E-state index < -0.39 is 0 Å². The summed E-state index contributed by atoms with van der Waals surface area (Å²) >= 11 is 13.4. The maximum absolute atomic E-state index is 4.50. The van der Waals surface area contributed by atoms with Crippen molar-refractivity contribution < 1.29 is 0 Å². The summed E-state index contributed by atoms with van der Waals surface area (Å²) in [6.45, 7) is 13.4. The first-order valence-corrected chi connectivity index (χ1v) is 15.0. The second-order valence-electron chi connectivity index (χ2n) is 8.79. The van der Waals surface area contributed by atoms with Gasteiger partial charge in [-0.1, -0.05) is 119 Å². The predicted molar refractivity (Wildman–Crippen MR) is 155 cm³/mol. The van der Waals surface area contributed by atoms with Crippen LogP contribution in [0.15, 0.2) is 0 Å². The van der Waals surface area contributed by atoms with E-state index in [0.29, 0.717) is 15.7 Å². The number of hydrogen-bond donors (Lipinski definition) is 3. The zero-order valence-electron chi connectivity index (χ0n) is 21.8. The number of hydrogen-bond acceptors (Lipinski definition) is 3. The molecule has 0 spiro atoms. The Labute approximate surface area is 210 Å². The van der Waals surface area contributed by atoms with Crippen LogP contribution in [0.5, 0.6) is 0 Å². The molecule has 0 bridgehead atoms. The van der Waals surface area contributed by atoms with Crippen molar-refractivity contribution >= 4 is 37.9 Å². The molecule has 0 aliphatic rings. The molecule has 30 heavy (non-hydrogen) atoms. The Balaban J connectivity index is -0.000000364. The fourth-order valence-electron chi connectivity index (χ4n) is 3.14. The molecule has 0 aromatic carbocycles. The molecule has 0 aromatic heterocycles. The molecule has 0 amide bonds. The molecule has 0 N–H and O–H groups in total. The van der Waals surface area contributed by atoms with Gasteiger partial charge in [0.2, 0.25) is 0 Å². The Bertz CT molecular complexity index is 263. The summed E-state index contributed by atoms with van der Waals surface area (Å²) < 4.78 is 0. The topological polar surface area (TPSA) is 0 Å². The standard InChI is InChI=1S/3C9H20S/c1-3-5-6-7-8-9(10)4-2;1-3-5-6-8-9(10)7-4-2;1-3-5-7-9(10)8-6-4-2/h3*9-10H,3-8H2,1-2H3. The zero-order valence-corrected chi connectivity index (χ0v) is 24.5. The molecule has 2 unspecified atom stereocenters. The van der Waals surface area contributed by atoms with Gasteiger partial charge in [-0.25, -0.2) is 0 Å². The first kappa shape index (κ1) is 35.6. The van der Waals surface area contributed by atoms with Gasteiger partial charge in [-0.3, -0.25) is 0 Å². The van der Waals surface area contributed by atoms with E-state index in [1.165, 1.54) is 116 Å². The summed E-state index contributed by atoms with van der Waals surface area (Å²) in [4.78, 5) is 0. The predicted octanol–water partition coefficient (Wildman–Crippen LogP) is 11.0. The smallest absolute Gasteiger partial charge is 0.00168 e. The van der Waals surface area contributed by atoms with Crippen LogP contribution < -0.4 is 0 Å². The van der Waals surface area contributed by atoms with Crippen LogP contribution in [0, 0.1) is 0 Å². The normalized spacial score (nSPS) is 12.6. The molecule has 0 aliphatic carbocycles. The van der Waals surface area contributed by atoms with Crippen LogP contribution in [-0.2, 0) is 0 Å². The van der Waals surface area contributed by atoms with Gasteiger partial charge in [0.05, 0.1) is 0 Å². The molecule has 0 nitrogen and oxygen atoms in total. The minimum absolute atomic E-state index is 0.650. The Morgan fingerprint density at radius 1 is 0.367 bits per heavy atom. The minimum atomic E-state index is 0.650. The molecule has 0 fully saturated rings. The molecule has 3 heteroatoms. The lowest BCUT2D eigenvalue weighted by Crippen LogP contribution is -1.97. The van der Waals surface area contributed by atoms with Crippen molar-refractivity contribution in [3.63, 3.8) is 0 Å². The number of thiol groups is 3. The minimum Gasteiger partial charge on any atom is -0.176 e. The molecule has 2 atom stereocenters. The monoisotopic (exact) mass is 480 g/mol. The lowest BCUT2D eigenvalue weighted by Gasteiger charge is -2.07. The molecule has 0 saturated carbocycles. The third-order valence-electron chi connectivity index (χ3n) is 5.41. The van der Waals surface area contributed by atoms with Gasteiger partial charge < -0.3 is 0 Å². The highest BCUT2D eigenvalue weighted by molar-refractivity contribution is 7.81. The van der Waals surface area contributed by atoms with Crippen LogP contribution in [0.1, 0.15) is 157 Å². The number of rotatable bonds is 18. The quantitative estimate of drug-likeness (QED) is 0.126. The maximum atomic E-state index is 4.50. The van der Waals surface area contributed by atoms with Crippen LogP contribution >= 0.6 is 37.9 Å². The largest absolute Gasteiger partial charge is 0.176 e. The van der Waals surface area contributed by atoms with Gasteiger partial charge in [0.1, 0.15) is 0 Å². The summed E-state index contributed by atoms with van der Waals surface area (Å²) in [7, 11) is 0. The highest BCUT2D eigenvalue weighted by Gasteiger charge is 2.00. The van der Waals surface area contributed by atoms with Gasteiger partial charge in [-0.15, -0.1) is 0 Å². The average Bonchev–Trinajstić information content (AvgIpc) is 2.75. The van der Waals surface area contributed by atoms with Crippen molar-refractivity contribution in [3.8, 4) is 0 Å². The Morgan fingerprint density at radius 2 is 0.733 bits per heavy atom. The highest BCUT2D eigenvalue weighted by Crippen LogP contribution is 2.14.